The van der Waals surface area contributed by atoms with Crippen LogP contribution < -0.4 is 4.74 Å². The average molecular weight is 304 g/mol. The van der Waals surface area contributed by atoms with Crippen LogP contribution in [-0.2, 0) is 0 Å². The van der Waals surface area contributed by atoms with Gasteiger partial charge in [-0.05, 0) is 41.6 Å². The molecule has 3 nitrogen and oxygen atoms in total. The van der Waals surface area contributed by atoms with Gasteiger partial charge in [0, 0.05) is 5.56 Å². The summed E-state index contributed by atoms with van der Waals surface area (Å²) < 4.78 is 5.75. The largest absolute Gasteiger partial charge is 0.495 e. The maximum absolute atomic E-state index is 11.2. The minimum atomic E-state index is -0.0369. The van der Waals surface area contributed by atoms with Crippen molar-refractivity contribution in [1.29, 1.82) is 0 Å². The molecule has 1 aromatic rings. The molecule has 74 valence electrons. The van der Waals surface area contributed by atoms with Crippen LogP contribution in [0.5, 0.6) is 5.75 Å². The smallest absolute Gasteiger partial charge is 0.161 e. The lowest BCUT2D eigenvalue weighted by atomic mass is 10.1. The van der Waals surface area contributed by atoms with Gasteiger partial charge in [-0.15, -0.1) is 0 Å². The van der Waals surface area contributed by atoms with E-state index in [0.717, 1.165) is 0 Å². The van der Waals surface area contributed by atoms with E-state index in [2.05, 4.69) is 0 Å². The number of carbonyl (C=O) groups excluding carboxylic acids is 2. The van der Waals surface area contributed by atoms with E-state index in [-0.39, 0.29) is 5.78 Å². The summed E-state index contributed by atoms with van der Waals surface area (Å²) in [4.78, 5) is 21.8. The van der Waals surface area contributed by atoms with Gasteiger partial charge in [-0.3, -0.25) is 9.59 Å². The van der Waals surface area contributed by atoms with Crippen LogP contribution in [0.15, 0.2) is 12.1 Å². The standard InChI is InChI=1S/C10H9IO3/c1-6(13)8-4-3-7(5-12)10(14-2)9(8)11/h3-5H,1-2H3. The monoisotopic (exact) mass is 304 g/mol. The van der Waals surface area contributed by atoms with Crippen LogP contribution in [0.4, 0.5) is 0 Å². The Balaban J connectivity index is 3.42. The summed E-state index contributed by atoms with van der Waals surface area (Å²) >= 11 is 2.00. The number of aldehydes is 1. The molecule has 1 aromatic carbocycles. The quantitative estimate of drug-likeness (QED) is 0.489. The second-order valence-corrected chi connectivity index (χ2v) is 3.80. The Bertz CT molecular complexity index is 385. The van der Waals surface area contributed by atoms with Crippen LogP contribution in [-0.4, -0.2) is 19.2 Å². The molecule has 0 heterocycles. The number of hydrogen-bond acceptors (Lipinski definition) is 3. The normalized spacial score (nSPS) is 9.64. The molecule has 0 aliphatic heterocycles. The highest BCUT2D eigenvalue weighted by molar-refractivity contribution is 14.1. The fourth-order valence-electron chi connectivity index (χ4n) is 1.14. The van der Waals surface area contributed by atoms with E-state index in [1.807, 2.05) is 22.6 Å². The number of ketones is 1. The average Bonchev–Trinajstić information content (AvgIpc) is 2.16. The van der Waals surface area contributed by atoms with Crippen molar-refractivity contribution in [2.45, 2.75) is 6.92 Å². The lowest BCUT2D eigenvalue weighted by Crippen LogP contribution is -2.01. The Kier molecular flexibility index (Phi) is 3.62. The van der Waals surface area contributed by atoms with Crippen molar-refractivity contribution in [3.8, 4) is 5.75 Å². The predicted octanol–water partition coefficient (Wildman–Crippen LogP) is 2.31. The topological polar surface area (TPSA) is 43.4 Å². The molecule has 1 rings (SSSR count). The van der Waals surface area contributed by atoms with E-state index in [1.54, 1.807) is 12.1 Å². The van der Waals surface area contributed by atoms with Crippen LogP contribution in [0.2, 0.25) is 0 Å². The Labute approximate surface area is 95.6 Å². The van der Waals surface area contributed by atoms with Gasteiger partial charge in [0.2, 0.25) is 0 Å². The molecule has 0 atom stereocenters. The van der Waals surface area contributed by atoms with Gasteiger partial charge in [-0.2, -0.15) is 0 Å². The summed E-state index contributed by atoms with van der Waals surface area (Å²) in [5, 5.41) is 0. The Morgan fingerprint density at radius 2 is 2.14 bits per heavy atom. The summed E-state index contributed by atoms with van der Waals surface area (Å²) in [7, 11) is 1.48. The number of carbonyl (C=O) groups is 2. The minimum Gasteiger partial charge on any atom is -0.495 e. The van der Waals surface area contributed by atoms with E-state index >= 15 is 0 Å². The van der Waals surface area contributed by atoms with Gasteiger partial charge < -0.3 is 4.74 Å². The van der Waals surface area contributed by atoms with Crippen molar-refractivity contribution >= 4 is 34.7 Å². The first-order valence-electron chi connectivity index (χ1n) is 3.94. The van der Waals surface area contributed by atoms with Crippen molar-refractivity contribution in [1.82, 2.24) is 0 Å². The molecule has 0 amide bonds. The lowest BCUT2D eigenvalue weighted by Gasteiger charge is -2.08. The number of hydrogen-bond donors (Lipinski definition) is 0. The molecule has 0 spiro atoms. The van der Waals surface area contributed by atoms with E-state index in [4.69, 9.17) is 4.74 Å². The molecule has 0 aliphatic carbocycles. The molecule has 4 heteroatoms. The Hall–Kier alpha value is -0.910. The Morgan fingerprint density at radius 1 is 1.50 bits per heavy atom. The summed E-state index contributed by atoms with van der Waals surface area (Å²) in [6.07, 6.45) is 0.713. The maximum atomic E-state index is 11.2. The second kappa shape index (κ2) is 4.54. The predicted molar refractivity (Wildman–Crippen MR) is 61.1 cm³/mol. The maximum Gasteiger partial charge on any atom is 0.161 e. The number of methoxy groups -OCH3 is 1. The van der Waals surface area contributed by atoms with E-state index in [1.165, 1.54) is 14.0 Å². The number of rotatable bonds is 3. The molecule has 0 fully saturated rings. The van der Waals surface area contributed by atoms with Crippen LogP contribution in [0, 0.1) is 3.57 Å². The summed E-state index contributed by atoms with van der Waals surface area (Å²) in [6, 6.07) is 3.22. The van der Waals surface area contributed by atoms with Gasteiger partial charge in [0.05, 0.1) is 16.2 Å². The van der Waals surface area contributed by atoms with Gasteiger partial charge in [0.25, 0.3) is 0 Å². The van der Waals surface area contributed by atoms with E-state index < -0.39 is 0 Å². The molecule has 0 bridgehead atoms. The molecular formula is C10H9IO3. The van der Waals surface area contributed by atoms with Gasteiger partial charge in [-0.1, -0.05) is 0 Å². The molecule has 0 aliphatic rings. The van der Waals surface area contributed by atoms with Gasteiger partial charge in [0.15, 0.2) is 12.1 Å². The molecular weight excluding hydrogens is 295 g/mol. The summed E-state index contributed by atoms with van der Waals surface area (Å²) in [5.41, 5.74) is 1.04. The molecule has 0 radical (unpaired) electrons. The molecule has 0 saturated carbocycles. The van der Waals surface area contributed by atoms with Gasteiger partial charge >= 0.3 is 0 Å². The lowest BCUT2D eigenvalue weighted by molar-refractivity contribution is 0.101. The number of halogens is 1. The van der Waals surface area contributed by atoms with Crippen LogP contribution in [0.3, 0.4) is 0 Å². The first kappa shape index (κ1) is 11.2. The third kappa shape index (κ3) is 1.95. The van der Waals surface area contributed by atoms with Crippen molar-refractivity contribution in [3.63, 3.8) is 0 Å². The SMILES string of the molecule is COc1c(C=O)ccc(C(C)=O)c1I. The van der Waals surface area contributed by atoms with Crippen molar-refractivity contribution in [3.05, 3.63) is 26.8 Å². The van der Waals surface area contributed by atoms with Crippen LogP contribution >= 0.6 is 22.6 Å². The number of benzene rings is 1. The fraction of sp³-hybridized carbons (Fsp3) is 0.200. The van der Waals surface area contributed by atoms with Crippen LogP contribution in [0.1, 0.15) is 27.6 Å². The minimum absolute atomic E-state index is 0.0369. The van der Waals surface area contributed by atoms with E-state index in [9.17, 15) is 9.59 Å². The second-order valence-electron chi connectivity index (χ2n) is 2.72. The zero-order chi connectivity index (χ0) is 10.7. The van der Waals surface area contributed by atoms with Crippen molar-refractivity contribution in [2.75, 3.05) is 7.11 Å². The molecule has 0 unspecified atom stereocenters. The zero-order valence-electron chi connectivity index (χ0n) is 7.83. The number of ether oxygens (including phenoxy) is 1. The van der Waals surface area contributed by atoms with E-state index in [0.29, 0.717) is 26.7 Å². The first-order valence-corrected chi connectivity index (χ1v) is 5.02. The molecule has 0 aromatic heterocycles. The number of Topliss-reactive ketones (excluding diaryl/α,β-unsaturated/α-hetero) is 1. The van der Waals surface area contributed by atoms with Crippen molar-refractivity contribution in [2.24, 2.45) is 0 Å². The molecule has 0 saturated heterocycles. The van der Waals surface area contributed by atoms with Crippen LogP contribution in [0.25, 0.3) is 0 Å². The molecule has 0 N–H and O–H groups in total. The summed E-state index contributed by atoms with van der Waals surface area (Å²) in [6.45, 7) is 1.48. The zero-order valence-corrected chi connectivity index (χ0v) is 9.99. The fourth-order valence-corrected chi connectivity index (χ4v) is 2.23. The Morgan fingerprint density at radius 3 is 2.57 bits per heavy atom. The highest BCUT2D eigenvalue weighted by Gasteiger charge is 2.13. The first-order chi connectivity index (χ1) is 6.61. The summed E-state index contributed by atoms with van der Waals surface area (Å²) in [5.74, 6) is 0.429. The van der Waals surface area contributed by atoms with Gasteiger partial charge in [-0.25, -0.2) is 0 Å². The third-order valence-corrected chi connectivity index (χ3v) is 2.91. The highest BCUT2D eigenvalue weighted by atomic mass is 127. The van der Waals surface area contributed by atoms with Crippen molar-refractivity contribution < 1.29 is 14.3 Å². The third-order valence-electron chi connectivity index (χ3n) is 1.84. The highest BCUT2D eigenvalue weighted by Crippen LogP contribution is 2.27. The molecule has 14 heavy (non-hydrogen) atoms. The van der Waals surface area contributed by atoms with Gasteiger partial charge in [0.1, 0.15) is 5.75 Å².